The van der Waals surface area contributed by atoms with Crippen molar-refractivity contribution in [3.63, 3.8) is 0 Å². The van der Waals surface area contributed by atoms with Crippen LogP contribution in [0.25, 0.3) is 11.1 Å². The number of allylic oxidation sites excluding steroid dienone is 2. The van der Waals surface area contributed by atoms with Crippen LogP contribution in [0.1, 0.15) is 59.1 Å². The number of ether oxygens (including phenoxy) is 2. The van der Waals surface area contributed by atoms with Crippen LogP contribution in [0.2, 0.25) is 0 Å². The summed E-state index contributed by atoms with van der Waals surface area (Å²) in [6.07, 6.45) is -1.76. The van der Waals surface area contributed by atoms with Gasteiger partial charge in [-0.2, -0.15) is 13.2 Å². The van der Waals surface area contributed by atoms with Gasteiger partial charge in [-0.15, -0.1) is 0 Å². The highest BCUT2D eigenvalue weighted by Crippen LogP contribution is 2.42. The zero-order valence-electron chi connectivity index (χ0n) is 18.7. The van der Waals surface area contributed by atoms with E-state index in [1.54, 1.807) is 19.1 Å². The number of para-hydroxylation sites is 1. The number of carbonyl (C=O) groups excluding carboxylic acids is 1. The molecule has 1 aromatic heterocycles. The molecule has 34 heavy (non-hydrogen) atoms. The largest absolute Gasteiger partial charge is 0.488 e. The molecule has 2 aromatic carbocycles. The molecule has 4 rings (SSSR count). The van der Waals surface area contributed by atoms with Crippen LogP contribution in [0, 0.1) is 0 Å². The molecule has 1 aliphatic carbocycles. The third-order valence-electron chi connectivity index (χ3n) is 5.65. The smallest absolute Gasteiger partial charge is 0.416 e. The normalized spacial score (nSPS) is 13.8. The van der Waals surface area contributed by atoms with E-state index in [2.05, 4.69) is 4.98 Å². The molecule has 7 heteroatoms. The molecule has 0 saturated heterocycles. The van der Waals surface area contributed by atoms with Gasteiger partial charge in [0.25, 0.3) is 0 Å². The molecule has 0 bridgehead atoms. The summed E-state index contributed by atoms with van der Waals surface area (Å²) in [7, 11) is 0. The molecular weight excluding hydrogens is 443 g/mol. The Morgan fingerprint density at radius 1 is 0.941 bits per heavy atom. The Kier molecular flexibility index (Phi) is 7.01. The van der Waals surface area contributed by atoms with Gasteiger partial charge in [-0.25, -0.2) is 9.78 Å². The number of benzene rings is 2. The zero-order valence-corrected chi connectivity index (χ0v) is 18.7. The Bertz CT molecular complexity index is 1200. The average molecular weight is 467 g/mol. The zero-order chi connectivity index (χ0) is 24.1. The second kappa shape index (κ2) is 10.1. The van der Waals surface area contributed by atoms with Crippen LogP contribution >= 0.6 is 0 Å². The van der Waals surface area contributed by atoms with Crippen LogP contribution in [-0.2, 0) is 17.5 Å². The maximum absolute atomic E-state index is 12.8. The van der Waals surface area contributed by atoms with Crippen molar-refractivity contribution in [2.24, 2.45) is 0 Å². The van der Waals surface area contributed by atoms with Gasteiger partial charge in [-0.3, -0.25) is 0 Å². The van der Waals surface area contributed by atoms with Gasteiger partial charge in [-0.05, 0) is 73.2 Å². The van der Waals surface area contributed by atoms with Crippen LogP contribution in [-0.4, -0.2) is 17.6 Å². The summed E-state index contributed by atoms with van der Waals surface area (Å²) >= 11 is 0. The van der Waals surface area contributed by atoms with E-state index in [-0.39, 0.29) is 18.9 Å². The number of halogens is 3. The Labute approximate surface area is 196 Å². The summed E-state index contributed by atoms with van der Waals surface area (Å²) in [5.41, 5.74) is 4.03. The monoisotopic (exact) mass is 467 g/mol. The average Bonchev–Trinajstić information content (AvgIpc) is 3.33. The molecule has 0 radical (unpaired) electrons. The van der Waals surface area contributed by atoms with Gasteiger partial charge in [0, 0.05) is 5.56 Å². The molecule has 0 fully saturated rings. The van der Waals surface area contributed by atoms with Crippen molar-refractivity contribution in [1.82, 2.24) is 4.98 Å². The first-order chi connectivity index (χ1) is 16.4. The number of hydrogen-bond acceptors (Lipinski definition) is 4. The third kappa shape index (κ3) is 5.30. The Morgan fingerprint density at radius 2 is 1.68 bits per heavy atom. The molecule has 0 unspecified atom stereocenters. The van der Waals surface area contributed by atoms with Gasteiger partial charge < -0.3 is 9.47 Å². The van der Waals surface area contributed by atoms with Crippen molar-refractivity contribution in [1.29, 1.82) is 0 Å². The van der Waals surface area contributed by atoms with Crippen LogP contribution in [0.3, 0.4) is 0 Å². The minimum atomic E-state index is -4.37. The number of hydrogen-bond donors (Lipinski definition) is 0. The summed E-state index contributed by atoms with van der Waals surface area (Å²) in [4.78, 5) is 16.7. The minimum Gasteiger partial charge on any atom is -0.488 e. The lowest BCUT2D eigenvalue weighted by Crippen LogP contribution is -2.08. The second-order valence-electron chi connectivity index (χ2n) is 7.92. The Morgan fingerprint density at radius 3 is 2.41 bits per heavy atom. The highest BCUT2D eigenvalue weighted by molar-refractivity contribution is 5.94. The van der Waals surface area contributed by atoms with Crippen LogP contribution in [0.15, 0.2) is 66.7 Å². The predicted octanol–water partition coefficient (Wildman–Crippen LogP) is 6.95. The molecule has 4 nitrogen and oxygen atoms in total. The summed E-state index contributed by atoms with van der Waals surface area (Å²) in [6.45, 7) is 2.18. The predicted molar refractivity (Wildman–Crippen MR) is 123 cm³/mol. The van der Waals surface area contributed by atoms with Crippen LogP contribution in [0.5, 0.6) is 5.75 Å². The van der Waals surface area contributed by atoms with Crippen LogP contribution in [0.4, 0.5) is 13.2 Å². The van der Waals surface area contributed by atoms with Gasteiger partial charge in [-0.1, -0.05) is 36.4 Å². The molecule has 3 aromatic rings. The van der Waals surface area contributed by atoms with Crippen molar-refractivity contribution in [2.75, 3.05) is 6.61 Å². The quantitative estimate of drug-likeness (QED) is 0.353. The lowest BCUT2D eigenvalue weighted by molar-refractivity contribution is -0.137. The maximum atomic E-state index is 12.8. The molecule has 0 amide bonds. The van der Waals surface area contributed by atoms with E-state index in [4.69, 9.17) is 9.47 Å². The molecular formula is C27H24F3NO3. The van der Waals surface area contributed by atoms with E-state index in [9.17, 15) is 18.0 Å². The van der Waals surface area contributed by atoms with E-state index < -0.39 is 17.7 Å². The second-order valence-corrected chi connectivity index (χ2v) is 7.92. The lowest BCUT2D eigenvalue weighted by Gasteiger charge is -2.15. The van der Waals surface area contributed by atoms with E-state index in [1.165, 1.54) is 12.1 Å². The van der Waals surface area contributed by atoms with Gasteiger partial charge >= 0.3 is 12.1 Å². The number of nitrogens with zero attached hydrogens (tertiary/aromatic N) is 1. The molecule has 0 spiro atoms. The number of pyridine rings is 1. The van der Waals surface area contributed by atoms with E-state index in [1.807, 2.05) is 30.3 Å². The van der Waals surface area contributed by atoms with Gasteiger partial charge in [0.1, 0.15) is 18.1 Å². The highest BCUT2D eigenvalue weighted by atomic mass is 19.4. The fourth-order valence-corrected chi connectivity index (χ4v) is 4.04. The summed E-state index contributed by atoms with van der Waals surface area (Å²) in [6, 6.07) is 17.9. The minimum absolute atomic E-state index is 0.147. The molecule has 1 aliphatic rings. The molecule has 0 atom stereocenters. The molecule has 1 heterocycles. The molecule has 176 valence electrons. The Balaban J connectivity index is 1.59. The van der Waals surface area contributed by atoms with Crippen molar-refractivity contribution in [3.05, 3.63) is 94.8 Å². The van der Waals surface area contributed by atoms with Gasteiger partial charge in [0.2, 0.25) is 0 Å². The first-order valence-electron chi connectivity index (χ1n) is 11.1. The van der Waals surface area contributed by atoms with Crippen molar-refractivity contribution >= 4 is 17.1 Å². The highest BCUT2D eigenvalue weighted by Gasteiger charge is 2.30. The topological polar surface area (TPSA) is 48.4 Å². The first kappa shape index (κ1) is 23.5. The number of aromatic nitrogens is 1. The van der Waals surface area contributed by atoms with Gasteiger partial charge in [0.15, 0.2) is 0 Å². The molecule has 0 N–H and O–H groups in total. The van der Waals surface area contributed by atoms with Crippen LogP contribution < -0.4 is 4.74 Å². The van der Waals surface area contributed by atoms with Crippen molar-refractivity contribution in [2.45, 2.75) is 39.0 Å². The molecule has 0 aliphatic heterocycles. The fraction of sp³-hybridized carbons (Fsp3) is 0.259. The number of alkyl halides is 3. The Hall–Kier alpha value is -3.61. The summed E-state index contributed by atoms with van der Waals surface area (Å²) < 4.78 is 49.5. The maximum Gasteiger partial charge on any atom is 0.416 e. The lowest BCUT2D eigenvalue weighted by atomic mass is 9.99. The standard InChI is InChI=1S/C27H24F3NO3/c1-2-33-26(32)24-11-6-10-23(31-24)21-9-5-8-20(21)22-7-3-4-12-25(22)34-17-18-13-15-19(16-14-18)27(28,29)30/h3-4,6-7,10-16H,2,5,8-9,17H2,1H3. The SMILES string of the molecule is CCOC(=O)c1cccc(C2=C(c3ccccc3OCc3ccc(C(F)(F)F)cc3)CCC2)n1. The number of carbonyl (C=O) groups is 1. The fourth-order valence-electron chi connectivity index (χ4n) is 4.04. The van der Waals surface area contributed by atoms with E-state index in [0.717, 1.165) is 53.8 Å². The van der Waals surface area contributed by atoms with Crippen molar-refractivity contribution in [3.8, 4) is 5.75 Å². The van der Waals surface area contributed by atoms with E-state index in [0.29, 0.717) is 11.3 Å². The third-order valence-corrected chi connectivity index (χ3v) is 5.65. The molecule has 0 saturated carbocycles. The summed E-state index contributed by atoms with van der Waals surface area (Å²) in [5, 5.41) is 0. The van der Waals surface area contributed by atoms with Gasteiger partial charge in [0.05, 0.1) is 17.9 Å². The first-order valence-corrected chi connectivity index (χ1v) is 11.1. The summed E-state index contributed by atoms with van der Waals surface area (Å²) in [5.74, 6) is 0.197. The number of rotatable bonds is 7. The number of esters is 1. The van der Waals surface area contributed by atoms with Crippen molar-refractivity contribution < 1.29 is 27.4 Å². The van der Waals surface area contributed by atoms with E-state index >= 15 is 0 Å².